The molecule has 2 amide bonds. The van der Waals surface area contributed by atoms with E-state index in [1.54, 1.807) is 0 Å². The van der Waals surface area contributed by atoms with Gasteiger partial charge >= 0.3 is 18.2 Å². The molecule has 0 aromatic heterocycles. The second-order valence-corrected chi connectivity index (χ2v) is 4.94. The Bertz CT molecular complexity index is 335. The lowest BCUT2D eigenvalue weighted by Gasteiger charge is -2.16. The van der Waals surface area contributed by atoms with E-state index in [4.69, 9.17) is 5.11 Å². The lowest BCUT2D eigenvalue weighted by atomic mass is 10.0. The van der Waals surface area contributed by atoms with Gasteiger partial charge in [0, 0.05) is 13.2 Å². The highest BCUT2D eigenvalue weighted by atomic mass is 19.4. The summed E-state index contributed by atoms with van der Waals surface area (Å²) in [7, 11) is 0. The largest absolute Gasteiger partial charge is 0.480 e. The van der Waals surface area contributed by atoms with E-state index in [-0.39, 0.29) is 31.9 Å². The van der Waals surface area contributed by atoms with Crippen LogP contribution < -0.4 is 10.6 Å². The molecule has 0 saturated heterocycles. The molecule has 0 heterocycles. The van der Waals surface area contributed by atoms with Gasteiger partial charge in [0.05, 0.1) is 0 Å². The van der Waals surface area contributed by atoms with Crippen LogP contribution in [0.25, 0.3) is 0 Å². The summed E-state index contributed by atoms with van der Waals surface area (Å²) >= 11 is 0. The summed E-state index contributed by atoms with van der Waals surface area (Å²) in [5.41, 5.74) is 0. The average molecular weight is 314 g/mol. The number of hydrogen-bond donors (Lipinski definition) is 3. The van der Waals surface area contributed by atoms with Crippen LogP contribution in [0.3, 0.4) is 0 Å². The summed E-state index contributed by atoms with van der Waals surface area (Å²) in [6.07, 6.45) is -3.88. The second-order valence-electron chi connectivity index (χ2n) is 4.94. The van der Waals surface area contributed by atoms with E-state index in [0.717, 1.165) is 0 Å². The lowest BCUT2D eigenvalue weighted by Crippen LogP contribution is -2.46. The third-order valence-corrected chi connectivity index (χ3v) is 2.33. The van der Waals surface area contributed by atoms with Gasteiger partial charge in [0.2, 0.25) is 0 Å². The molecule has 0 aliphatic rings. The molecule has 6 nitrogen and oxygen atoms in total. The smallest absolute Gasteiger partial charge is 0.411 e. The van der Waals surface area contributed by atoms with Crippen molar-refractivity contribution in [2.45, 2.75) is 38.9 Å². The SMILES string of the molecule is CC(C)CC(NC(=O)NCCCOCC(F)(F)F)C(=O)O. The fourth-order valence-electron chi connectivity index (χ4n) is 1.47. The van der Waals surface area contributed by atoms with Gasteiger partial charge in [-0.3, -0.25) is 0 Å². The number of amides is 2. The maximum Gasteiger partial charge on any atom is 0.411 e. The molecule has 0 aliphatic carbocycles. The van der Waals surface area contributed by atoms with E-state index in [0.29, 0.717) is 0 Å². The first-order valence-corrected chi connectivity index (χ1v) is 6.53. The van der Waals surface area contributed by atoms with Crippen molar-refractivity contribution in [3.63, 3.8) is 0 Å². The van der Waals surface area contributed by atoms with Crippen LogP contribution in [0.4, 0.5) is 18.0 Å². The number of alkyl halides is 3. The number of carboxylic acid groups (broad SMARTS) is 1. The number of carbonyl (C=O) groups excluding carboxylic acids is 1. The molecular weight excluding hydrogens is 293 g/mol. The third-order valence-electron chi connectivity index (χ3n) is 2.33. The van der Waals surface area contributed by atoms with Crippen molar-refractivity contribution in [2.75, 3.05) is 19.8 Å². The van der Waals surface area contributed by atoms with Gasteiger partial charge in [-0.05, 0) is 18.8 Å². The topological polar surface area (TPSA) is 87.7 Å². The number of aliphatic carboxylic acids is 1. The van der Waals surface area contributed by atoms with Gasteiger partial charge in [-0.25, -0.2) is 9.59 Å². The zero-order valence-corrected chi connectivity index (χ0v) is 12.0. The number of carbonyl (C=O) groups is 2. The van der Waals surface area contributed by atoms with Crippen LogP contribution in [-0.4, -0.2) is 49.1 Å². The summed E-state index contributed by atoms with van der Waals surface area (Å²) < 4.78 is 39.6. The van der Waals surface area contributed by atoms with E-state index >= 15 is 0 Å². The number of hydrogen-bond acceptors (Lipinski definition) is 3. The van der Waals surface area contributed by atoms with E-state index in [9.17, 15) is 22.8 Å². The van der Waals surface area contributed by atoms with Crippen molar-refractivity contribution in [2.24, 2.45) is 5.92 Å². The number of nitrogens with one attached hydrogen (secondary N) is 2. The molecule has 0 radical (unpaired) electrons. The molecule has 0 bridgehead atoms. The first-order chi connectivity index (χ1) is 9.61. The minimum absolute atomic E-state index is 0.0949. The van der Waals surface area contributed by atoms with Crippen molar-refractivity contribution in [3.8, 4) is 0 Å². The van der Waals surface area contributed by atoms with E-state index in [2.05, 4.69) is 15.4 Å². The molecule has 0 spiro atoms. The zero-order chi connectivity index (χ0) is 16.5. The molecule has 0 aromatic rings. The third kappa shape index (κ3) is 12.0. The van der Waals surface area contributed by atoms with Gasteiger partial charge < -0.3 is 20.5 Å². The predicted octanol–water partition coefficient (Wildman–Crippen LogP) is 1.75. The van der Waals surface area contributed by atoms with Crippen molar-refractivity contribution >= 4 is 12.0 Å². The molecule has 0 rings (SSSR count). The standard InChI is InChI=1S/C12H21F3N2O4/c1-8(2)6-9(10(18)19)17-11(20)16-4-3-5-21-7-12(13,14)15/h8-9H,3-7H2,1-2H3,(H,18,19)(H2,16,17,20). The van der Waals surface area contributed by atoms with Crippen molar-refractivity contribution in [3.05, 3.63) is 0 Å². The molecule has 1 unspecified atom stereocenters. The molecule has 0 aliphatic heterocycles. The Hall–Kier alpha value is -1.51. The molecular formula is C12H21F3N2O4. The van der Waals surface area contributed by atoms with Gasteiger partial charge in [0.25, 0.3) is 0 Å². The van der Waals surface area contributed by atoms with Gasteiger partial charge in [0.15, 0.2) is 0 Å². The van der Waals surface area contributed by atoms with Gasteiger partial charge in [-0.2, -0.15) is 13.2 Å². The monoisotopic (exact) mass is 314 g/mol. The number of urea groups is 1. The molecule has 9 heteroatoms. The van der Waals surface area contributed by atoms with Crippen LogP contribution in [-0.2, 0) is 9.53 Å². The summed E-state index contributed by atoms with van der Waals surface area (Å²) in [5, 5.41) is 13.6. The van der Waals surface area contributed by atoms with Crippen molar-refractivity contribution in [1.82, 2.24) is 10.6 Å². The predicted molar refractivity (Wildman–Crippen MR) is 68.9 cm³/mol. The first-order valence-electron chi connectivity index (χ1n) is 6.53. The van der Waals surface area contributed by atoms with Crippen LogP contribution in [0.2, 0.25) is 0 Å². The maximum atomic E-state index is 11.8. The fraction of sp³-hybridized carbons (Fsp3) is 0.833. The maximum absolute atomic E-state index is 11.8. The summed E-state index contributed by atoms with van der Waals surface area (Å²) in [6.45, 7) is 2.28. The zero-order valence-electron chi connectivity index (χ0n) is 12.0. The summed E-state index contributed by atoms with van der Waals surface area (Å²) in [5.74, 6) is -1.03. The van der Waals surface area contributed by atoms with E-state index in [1.807, 2.05) is 13.8 Å². The van der Waals surface area contributed by atoms with Crippen LogP contribution >= 0.6 is 0 Å². The quantitative estimate of drug-likeness (QED) is 0.566. The molecule has 3 N–H and O–H groups in total. The number of rotatable bonds is 9. The minimum Gasteiger partial charge on any atom is -0.480 e. The Morgan fingerprint density at radius 1 is 1.29 bits per heavy atom. The van der Waals surface area contributed by atoms with E-state index < -0.39 is 30.8 Å². The van der Waals surface area contributed by atoms with Crippen LogP contribution in [0.1, 0.15) is 26.7 Å². The minimum atomic E-state index is -4.36. The van der Waals surface area contributed by atoms with Gasteiger partial charge in [-0.1, -0.05) is 13.8 Å². The van der Waals surface area contributed by atoms with Crippen LogP contribution in [0.15, 0.2) is 0 Å². The van der Waals surface area contributed by atoms with Crippen LogP contribution in [0.5, 0.6) is 0 Å². The Morgan fingerprint density at radius 3 is 2.38 bits per heavy atom. The molecule has 21 heavy (non-hydrogen) atoms. The average Bonchev–Trinajstić information content (AvgIpc) is 2.30. The summed E-state index contributed by atoms with van der Waals surface area (Å²) in [4.78, 5) is 22.3. The highest BCUT2D eigenvalue weighted by Crippen LogP contribution is 2.14. The Labute approximate surface area is 121 Å². The van der Waals surface area contributed by atoms with Crippen LogP contribution in [0, 0.1) is 5.92 Å². The van der Waals surface area contributed by atoms with E-state index in [1.165, 1.54) is 0 Å². The normalized spacial score (nSPS) is 13.0. The molecule has 124 valence electrons. The van der Waals surface area contributed by atoms with Crippen molar-refractivity contribution < 1.29 is 32.6 Å². The Morgan fingerprint density at radius 2 is 1.90 bits per heavy atom. The summed E-state index contributed by atoms with van der Waals surface area (Å²) in [6, 6.07) is -1.66. The Kier molecular flexibility index (Phi) is 8.75. The number of halogens is 3. The second kappa shape index (κ2) is 9.43. The van der Waals surface area contributed by atoms with Gasteiger partial charge in [0.1, 0.15) is 12.6 Å². The highest BCUT2D eigenvalue weighted by molar-refractivity contribution is 5.82. The first kappa shape index (κ1) is 19.5. The van der Waals surface area contributed by atoms with Gasteiger partial charge in [-0.15, -0.1) is 0 Å². The molecule has 0 aromatic carbocycles. The van der Waals surface area contributed by atoms with Crippen molar-refractivity contribution in [1.29, 1.82) is 0 Å². The lowest BCUT2D eigenvalue weighted by molar-refractivity contribution is -0.173. The number of ether oxygens (including phenoxy) is 1. The Balaban J connectivity index is 3.81. The number of carboxylic acids is 1. The highest BCUT2D eigenvalue weighted by Gasteiger charge is 2.27. The molecule has 1 atom stereocenters. The molecule has 0 fully saturated rings. The molecule has 0 saturated carbocycles. The fourth-order valence-corrected chi connectivity index (χ4v) is 1.47.